The maximum absolute atomic E-state index is 12.6. The van der Waals surface area contributed by atoms with Crippen molar-refractivity contribution in [3.63, 3.8) is 0 Å². The maximum atomic E-state index is 12.6. The molecule has 0 aliphatic carbocycles. The molecule has 0 bridgehead atoms. The summed E-state index contributed by atoms with van der Waals surface area (Å²) in [6.07, 6.45) is 2.29. The fourth-order valence-corrected chi connectivity index (χ4v) is 3.23. The monoisotopic (exact) mass is 401 g/mol. The predicted octanol–water partition coefficient (Wildman–Crippen LogP) is 3.75. The summed E-state index contributed by atoms with van der Waals surface area (Å²) < 4.78 is 5.23. The van der Waals surface area contributed by atoms with Crippen LogP contribution in [0.1, 0.15) is 23.1 Å². The minimum atomic E-state index is -0.325. The Kier molecular flexibility index (Phi) is 5.89. The zero-order valence-electron chi connectivity index (χ0n) is 16.6. The summed E-state index contributed by atoms with van der Waals surface area (Å²) in [5.74, 6) is 1.50. The van der Waals surface area contributed by atoms with Crippen LogP contribution >= 0.6 is 0 Å². The molecule has 0 aliphatic rings. The highest BCUT2D eigenvalue weighted by Gasteiger charge is 2.19. The van der Waals surface area contributed by atoms with E-state index in [0.717, 1.165) is 28.0 Å². The summed E-state index contributed by atoms with van der Waals surface area (Å²) in [6, 6.07) is 20.6. The van der Waals surface area contributed by atoms with Crippen molar-refractivity contribution in [2.45, 2.75) is 19.0 Å². The molecule has 2 heterocycles. The molecule has 152 valence electrons. The first-order valence-corrected chi connectivity index (χ1v) is 9.73. The Morgan fingerprint density at radius 3 is 2.60 bits per heavy atom. The molecule has 0 saturated heterocycles. The Morgan fingerprint density at radius 1 is 1.07 bits per heavy atom. The molecule has 4 rings (SSSR count). The summed E-state index contributed by atoms with van der Waals surface area (Å²) in [6.45, 7) is 0.349. The number of fused-ring (bicyclic) bond motifs is 1. The van der Waals surface area contributed by atoms with Crippen molar-refractivity contribution in [1.82, 2.24) is 25.6 Å². The number of carbonyl (C=O) groups excluding carboxylic acids is 1. The number of nitrogens with one attached hydrogen (secondary N) is 3. The van der Waals surface area contributed by atoms with Gasteiger partial charge in [-0.25, -0.2) is 9.78 Å². The molecule has 4 aromatic rings. The molecule has 0 spiro atoms. The number of urea groups is 1. The lowest BCUT2D eigenvalue weighted by atomic mass is 10.1. The number of hydrogen-bond acceptors (Lipinski definition) is 4. The normalized spacial score (nSPS) is 11.8. The lowest BCUT2D eigenvalue weighted by Gasteiger charge is -2.17. The third-order valence-corrected chi connectivity index (χ3v) is 4.80. The number of imidazole rings is 1. The quantitative estimate of drug-likeness (QED) is 0.440. The number of nitrogens with zero attached hydrogens (tertiary/aromatic N) is 2. The minimum Gasteiger partial charge on any atom is -0.497 e. The molecule has 7 heteroatoms. The van der Waals surface area contributed by atoms with E-state index in [-0.39, 0.29) is 12.1 Å². The average Bonchev–Trinajstić information content (AvgIpc) is 3.23. The van der Waals surface area contributed by atoms with E-state index in [9.17, 15) is 4.79 Å². The van der Waals surface area contributed by atoms with Gasteiger partial charge in [-0.15, -0.1) is 0 Å². The largest absolute Gasteiger partial charge is 0.497 e. The van der Waals surface area contributed by atoms with Gasteiger partial charge in [0.1, 0.15) is 11.6 Å². The summed E-state index contributed by atoms with van der Waals surface area (Å²) in [5, 5.41) is 5.90. The van der Waals surface area contributed by atoms with Gasteiger partial charge >= 0.3 is 6.03 Å². The summed E-state index contributed by atoms with van der Waals surface area (Å²) >= 11 is 0. The molecule has 0 fully saturated rings. The minimum absolute atomic E-state index is 0.278. The van der Waals surface area contributed by atoms with Crippen LogP contribution in [0, 0.1) is 0 Å². The summed E-state index contributed by atoms with van der Waals surface area (Å²) in [7, 11) is 1.64. The van der Waals surface area contributed by atoms with E-state index in [1.165, 1.54) is 0 Å². The van der Waals surface area contributed by atoms with Crippen LogP contribution in [-0.2, 0) is 13.0 Å². The molecule has 1 atom stereocenters. The lowest BCUT2D eigenvalue weighted by Crippen LogP contribution is -2.39. The van der Waals surface area contributed by atoms with Gasteiger partial charge in [0, 0.05) is 6.20 Å². The van der Waals surface area contributed by atoms with Gasteiger partial charge in [-0.3, -0.25) is 4.98 Å². The van der Waals surface area contributed by atoms with Gasteiger partial charge in [0.2, 0.25) is 0 Å². The van der Waals surface area contributed by atoms with Crippen molar-refractivity contribution in [3.05, 3.63) is 90.0 Å². The standard InChI is InChI=1S/C23H23N5O2/c1-30-18-11-9-16(10-12-18)14-21(22-26-19-7-2-3-8-20(19)27-22)28-23(29)25-15-17-6-4-5-13-24-17/h2-13,21H,14-15H2,1H3,(H,26,27)(H2,25,28,29). The second-order valence-electron chi connectivity index (χ2n) is 6.89. The van der Waals surface area contributed by atoms with Crippen molar-refractivity contribution in [2.75, 3.05) is 7.11 Å². The number of aromatic amines is 1. The van der Waals surface area contributed by atoms with Crippen molar-refractivity contribution in [2.24, 2.45) is 0 Å². The maximum Gasteiger partial charge on any atom is 0.315 e. The van der Waals surface area contributed by atoms with Crippen LogP contribution in [0.4, 0.5) is 4.79 Å². The molecule has 7 nitrogen and oxygen atoms in total. The highest BCUT2D eigenvalue weighted by atomic mass is 16.5. The fraction of sp³-hybridized carbons (Fsp3) is 0.174. The third-order valence-electron chi connectivity index (χ3n) is 4.80. The number of benzene rings is 2. The molecule has 0 aliphatic heterocycles. The van der Waals surface area contributed by atoms with E-state index in [1.54, 1.807) is 13.3 Å². The molecular formula is C23H23N5O2. The van der Waals surface area contributed by atoms with Gasteiger partial charge in [0.05, 0.1) is 36.4 Å². The van der Waals surface area contributed by atoms with Gasteiger partial charge in [0.25, 0.3) is 0 Å². The molecule has 2 aromatic heterocycles. The van der Waals surface area contributed by atoms with E-state index in [2.05, 4.69) is 25.6 Å². The molecule has 3 N–H and O–H groups in total. The van der Waals surface area contributed by atoms with Gasteiger partial charge in [-0.2, -0.15) is 0 Å². The zero-order valence-corrected chi connectivity index (χ0v) is 16.6. The first-order valence-electron chi connectivity index (χ1n) is 9.73. The van der Waals surface area contributed by atoms with E-state index in [4.69, 9.17) is 4.74 Å². The van der Waals surface area contributed by atoms with E-state index in [0.29, 0.717) is 18.8 Å². The number of hydrogen-bond donors (Lipinski definition) is 3. The van der Waals surface area contributed by atoms with Crippen LogP contribution in [0.5, 0.6) is 5.75 Å². The number of H-pyrrole nitrogens is 1. The highest BCUT2D eigenvalue weighted by Crippen LogP contribution is 2.21. The Morgan fingerprint density at radius 2 is 1.87 bits per heavy atom. The second-order valence-corrected chi connectivity index (χ2v) is 6.89. The SMILES string of the molecule is COc1ccc(CC(NC(=O)NCc2ccccn2)c2nc3ccccc3[nH]2)cc1. The Balaban J connectivity index is 1.52. The van der Waals surface area contributed by atoms with Crippen LogP contribution in [0.25, 0.3) is 11.0 Å². The van der Waals surface area contributed by atoms with Crippen molar-refractivity contribution < 1.29 is 9.53 Å². The van der Waals surface area contributed by atoms with Gasteiger partial charge in [-0.05, 0) is 48.4 Å². The van der Waals surface area contributed by atoms with Crippen molar-refractivity contribution >= 4 is 17.1 Å². The third kappa shape index (κ3) is 4.75. The Bertz CT molecular complexity index is 1080. The van der Waals surface area contributed by atoms with Crippen molar-refractivity contribution in [3.8, 4) is 5.75 Å². The van der Waals surface area contributed by atoms with Gasteiger partial charge < -0.3 is 20.4 Å². The Hall–Kier alpha value is -3.87. The topological polar surface area (TPSA) is 91.9 Å². The van der Waals surface area contributed by atoms with E-state index < -0.39 is 0 Å². The van der Waals surface area contributed by atoms with Gasteiger partial charge in [-0.1, -0.05) is 30.3 Å². The molecule has 30 heavy (non-hydrogen) atoms. The van der Waals surface area contributed by atoms with E-state index >= 15 is 0 Å². The lowest BCUT2D eigenvalue weighted by molar-refractivity contribution is 0.236. The fourth-order valence-electron chi connectivity index (χ4n) is 3.23. The van der Waals surface area contributed by atoms with Crippen molar-refractivity contribution in [1.29, 1.82) is 0 Å². The first-order chi connectivity index (χ1) is 14.7. The van der Waals surface area contributed by atoms with Crippen LogP contribution in [0.3, 0.4) is 0 Å². The Labute approximate surface area is 174 Å². The summed E-state index contributed by atoms with van der Waals surface area (Å²) in [5.41, 5.74) is 3.65. The average molecular weight is 401 g/mol. The first kappa shape index (κ1) is 19.4. The van der Waals surface area contributed by atoms with Gasteiger partial charge in [0.15, 0.2) is 0 Å². The highest BCUT2D eigenvalue weighted by molar-refractivity contribution is 5.76. The predicted molar refractivity (Wildman–Crippen MR) is 115 cm³/mol. The number of amides is 2. The number of aromatic nitrogens is 3. The number of rotatable bonds is 7. The van der Waals surface area contributed by atoms with Crippen LogP contribution < -0.4 is 15.4 Å². The van der Waals surface area contributed by atoms with Crippen LogP contribution in [-0.4, -0.2) is 28.1 Å². The number of pyridine rings is 1. The molecule has 2 amide bonds. The zero-order chi connectivity index (χ0) is 20.8. The number of methoxy groups -OCH3 is 1. The molecule has 0 radical (unpaired) electrons. The van der Waals surface area contributed by atoms with Crippen LogP contribution in [0.2, 0.25) is 0 Å². The molecule has 2 aromatic carbocycles. The van der Waals surface area contributed by atoms with Crippen LogP contribution in [0.15, 0.2) is 72.9 Å². The van der Waals surface area contributed by atoms with E-state index in [1.807, 2.05) is 66.7 Å². The smallest absolute Gasteiger partial charge is 0.315 e. The second kappa shape index (κ2) is 9.09. The molecule has 0 saturated carbocycles. The molecular weight excluding hydrogens is 378 g/mol. The number of ether oxygens (including phenoxy) is 1. The number of para-hydroxylation sites is 2. The summed E-state index contributed by atoms with van der Waals surface area (Å²) in [4.78, 5) is 24.8. The molecule has 1 unspecified atom stereocenters. The number of carbonyl (C=O) groups is 1.